The maximum atomic E-state index is 4.88. The first-order valence-electron chi connectivity index (χ1n) is 9.90. The fourth-order valence-corrected chi connectivity index (χ4v) is 8.85. The molecule has 0 nitrogen and oxygen atoms in total. The monoisotopic (exact) mass is 462 g/mol. The molecule has 2 atom stereocenters. The van der Waals surface area contributed by atoms with E-state index in [0.29, 0.717) is 8.45 Å². The van der Waals surface area contributed by atoms with Gasteiger partial charge in [0.05, 0.1) is 0 Å². The Morgan fingerprint density at radius 1 is 0.567 bits per heavy atom. The van der Waals surface area contributed by atoms with Crippen LogP contribution in [-0.4, -0.2) is 4.82 Å². The van der Waals surface area contributed by atoms with Gasteiger partial charge < -0.3 is 24.8 Å². The molecule has 30 heavy (non-hydrogen) atoms. The second-order valence-corrected chi connectivity index (χ2v) is 11.6. The van der Waals surface area contributed by atoms with Gasteiger partial charge in [-0.1, -0.05) is 0 Å². The molecular weight excluding hydrogens is 443 g/mol. The van der Waals surface area contributed by atoms with Crippen LogP contribution in [0.5, 0.6) is 0 Å². The molecule has 0 N–H and O–H groups in total. The maximum absolute atomic E-state index is 4.88. The van der Waals surface area contributed by atoms with Crippen molar-refractivity contribution < 1.29 is 42.2 Å². The minimum absolute atomic E-state index is 0. The van der Waals surface area contributed by atoms with Crippen molar-refractivity contribution in [1.82, 2.24) is 0 Å². The predicted octanol–water partition coefficient (Wildman–Crippen LogP) is 0.887. The molecule has 0 aliphatic heterocycles. The summed E-state index contributed by atoms with van der Waals surface area (Å²) in [4.78, 5) is 4.88. The molecular formula is C27H20Cl2Ti. The van der Waals surface area contributed by atoms with Crippen molar-refractivity contribution in [1.29, 1.82) is 0 Å². The van der Waals surface area contributed by atoms with Gasteiger partial charge in [-0.25, -0.2) is 0 Å². The van der Waals surface area contributed by atoms with E-state index in [0.717, 1.165) is 0 Å². The van der Waals surface area contributed by atoms with Crippen LogP contribution in [0.3, 0.4) is 0 Å². The molecule has 6 rings (SSSR count). The van der Waals surface area contributed by atoms with Crippen molar-refractivity contribution in [3.63, 3.8) is 0 Å². The second kappa shape index (κ2) is 8.29. The van der Waals surface area contributed by atoms with Crippen LogP contribution in [-0.2, 0) is 17.4 Å². The van der Waals surface area contributed by atoms with Crippen molar-refractivity contribution in [3.05, 3.63) is 107 Å². The minimum atomic E-state index is -1.76. The first-order valence-corrected chi connectivity index (χ1v) is 12.8. The number of hydrogen-bond acceptors (Lipinski definition) is 0. The van der Waals surface area contributed by atoms with Gasteiger partial charge in [0.25, 0.3) is 0 Å². The minimum Gasteiger partial charge on any atom is -1.00 e. The molecule has 0 heterocycles. The molecule has 0 aromatic heterocycles. The summed E-state index contributed by atoms with van der Waals surface area (Å²) < 4.78 is 1.00. The number of benzene rings is 4. The molecule has 3 heteroatoms. The van der Waals surface area contributed by atoms with Crippen molar-refractivity contribution in [2.45, 2.75) is 8.45 Å². The Morgan fingerprint density at radius 2 is 1.00 bits per heavy atom. The van der Waals surface area contributed by atoms with Gasteiger partial charge in [0.1, 0.15) is 0 Å². The standard InChI is InChI=1S/2C13H9.CH2.2ClH.Ti/c2*1-2-6-12-10(4-1)8-9-11-5-3-7-13(11)12;;;;/h2*1-9H;1H2;2*1H;/q;;;;;+2/p-2. The van der Waals surface area contributed by atoms with Crippen molar-refractivity contribution >= 4 is 38.5 Å². The number of rotatable bonds is 2. The number of halogens is 2. The number of allylic oxidation sites excluding steroid dienone is 2. The molecule has 0 spiro atoms. The zero-order valence-corrected chi connectivity index (χ0v) is 19.4. The normalized spacial score (nSPS) is 17.7. The Balaban J connectivity index is 0.00000109. The van der Waals surface area contributed by atoms with Gasteiger partial charge in [-0.3, -0.25) is 0 Å². The predicted molar refractivity (Wildman–Crippen MR) is 119 cm³/mol. The Bertz CT molecular complexity index is 1250. The van der Waals surface area contributed by atoms with Gasteiger partial charge in [-0.2, -0.15) is 0 Å². The average molecular weight is 463 g/mol. The summed E-state index contributed by atoms with van der Waals surface area (Å²) in [6.07, 6.45) is 9.54. The molecule has 2 unspecified atom stereocenters. The van der Waals surface area contributed by atoms with Crippen molar-refractivity contribution in [3.8, 4) is 0 Å². The van der Waals surface area contributed by atoms with E-state index in [-0.39, 0.29) is 24.8 Å². The molecule has 0 saturated carbocycles. The van der Waals surface area contributed by atoms with Crippen LogP contribution >= 0.6 is 0 Å². The summed E-state index contributed by atoms with van der Waals surface area (Å²) in [5, 5.41) is 5.50. The third kappa shape index (κ3) is 3.15. The maximum Gasteiger partial charge on any atom is -1.00 e. The van der Waals surface area contributed by atoms with Crippen LogP contribution in [0.1, 0.15) is 30.7 Å². The van der Waals surface area contributed by atoms with Gasteiger partial charge in [0, 0.05) is 0 Å². The number of hydrogen-bond donors (Lipinski definition) is 0. The molecule has 146 valence electrons. The van der Waals surface area contributed by atoms with Gasteiger partial charge in [-0.15, -0.1) is 0 Å². The Morgan fingerprint density at radius 3 is 1.47 bits per heavy atom. The summed E-state index contributed by atoms with van der Waals surface area (Å²) >= 11 is -1.76. The quantitative estimate of drug-likeness (QED) is 0.388. The molecule has 2 aliphatic carbocycles. The van der Waals surface area contributed by atoms with E-state index in [1.54, 1.807) is 0 Å². The summed E-state index contributed by atoms with van der Waals surface area (Å²) in [6, 6.07) is 26.7. The summed E-state index contributed by atoms with van der Waals surface area (Å²) in [5.41, 5.74) is 5.81. The van der Waals surface area contributed by atoms with Gasteiger partial charge >= 0.3 is 172 Å². The Kier molecular flexibility index (Phi) is 5.88. The zero-order chi connectivity index (χ0) is 18.7. The topological polar surface area (TPSA) is 0 Å². The van der Waals surface area contributed by atoms with E-state index >= 15 is 0 Å². The van der Waals surface area contributed by atoms with Gasteiger partial charge in [-0.05, 0) is 0 Å². The van der Waals surface area contributed by atoms with E-state index in [9.17, 15) is 0 Å². The van der Waals surface area contributed by atoms with E-state index in [1.165, 1.54) is 43.8 Å². The average Bonchev–Trinajstić information content (AvgIpc) is 3.38. The molecule has 0 amide bonds. The van der Waals surface area contributed by atoms with Gasteiger partial charge in [0.2, 0.25) is 0 Å². The smallest absolute Gasteiger partial charge is 1.00 e. The second-order valence-electron chi connectivity index (χ2n) is 7.83. The third-order valence-electron chi connectivity index (χ3n) is 6.37. The van der Waals surface area contributed by atoms with Crippen molar-refractivity contribution in [2.24, 2.45) is 0 Å². The summed E-state index contributed by atoms with van der Waals surface area (Å²) in [7, 11) is 0. The van der Waals surface area contributed by atoms with E-state index in [4.69, 9.17) is 4.82 Å². The molecule has 2 aliphatic rings. The van der Waals surface area contributed by atoms with Gasteiger partial charge in [0.15, 0.2) is 0 Å². The van der Waals surface area contributed by atoms with E-state index < -0.39 is 17.4 Å². The third-order valence-corrected chi connectivity index (χ3v) is 10.4. The van der Waals surface area contributed by atoms with Crippen LogP contribution in [0.2, 0.25) is 0 Å². The largest absolute Gasteiger partial charge is 1.00 e. The Labute approximate surface area is 195 Å². The van der Waals surface area contributed by atoms with Crippen LogP contribution in [0.4, 0.5) is 0 Å². The van der Waals surface area contributed by atoms with Crippen LogP contribution in [0.25, 0.3) is 33.7 Å². The molecule has 0 saturated heterocycles. The first kappa shape index (κ1) is 21.3. The summed E-state index contributed by atoms with van der Waals surface area (Å²) in [6.45, 7) is 0. The zero-order valence-electron chi connectivity index (χ0n) is 16.4. The van der Waals surface area contributed by atoms with Crippen molar-refractivity contribution in [2.75, 3.05) is 0 Å². The Hall–Kier alpha value is -1.96. The fourth-order valence-electron chi connectivity index (χ4n) is 5.01. The van der Waals surface area contributed by atoms with E-state index in [1.807, 2.05) is 0 Å². The molecule has 0 fully saturated rings. The molecule has 4 aromatic carbocycles. The molecule has 0 bridgehead atoms. The molecule has 4 aromatic rings. The fraction of sp³-hybridized carbons (Fsp3) is 0.0741. The van der Waals surface area contributed by atoms with E-state index in [2.05, 4.69) is 97.1 Å². The number of fused-ring (bicyclic) bond motifs is 6. The van der Waals surface area contributed by atoms with Crippen LogP contribution in [0.15, 0.2) is 84.9 Å². The first-order chi connectivity index (χ1) is 13.8. The van der Waals surface area contributed by atoms with Crippen LogP contribution < -0.4 is 24.8 Å². The van der Waals surface area contributed by atoms with Crippen LogP contribution in [0, 0.1) is 0 Å². The summed E-state index contributed by atoms with van der Waals surface area (Å²) in [5.74, 6) is 0. The SMILES string of the molecule is [CH2]=[Ti+2]([CH]1C=Cc2ccc3ccccc3c21)[CH]1C=Cc2ccc3ccccc3c21.[Cl-].[Cl-]. The molecule has 0 radical (unpaired) electrons.